The molecule has 4 rings (SSSR count). The van der Waals surface area contributed by atoms with Gasteiger partial charge in [0.2, 0.25) is 0 Å². The number of carbonyl (C=O) groups excluding carboxylic acids is 1. The summed E-state index contributed by atoms with van der Waals surface area (Å²) in [5, 5.41) is 18.8. The number of benzene rings is 1. The Balaban J connectivity index is 1.45. The second kappa shape index (κ2) is 8.39. The molecule has 1 saturated carbocycles. The standard InChI is InChI=1S/C24H29ClO5S/c1-12-20-15(9-16-21(20)24(16,2)3)23(31-12)18(28)6-5-13-7-17(25)22(19(8-13)29-4)30-11-14(27)10-26/h7-8,14,16,21,26-27H,5-6,9-11H2,1-4H3/t14-,16-,21-/m1/s1. The molecule has 3 atom stereocenters. The second-order valence-corrected chi connectivity index (χ2v) is 10.8. The molecule has 168 valence electrons. The van der Waals surface area contributed by atoms with Crippen molar-refractivity contribution >= 4 is 28.7 Å². The van der Waals surface area contributed by atoms with E-state index in [-0.39, 0.29) is 12.4 Å². The van der Waals surface area contributed by atoms with Crippen molar-refractivity contribution in [2.45, 2.75) is 52.1 Å². The normalized spacial score (nSPS) is 21.4. The van der Waals surface area contributed by atoms with Gasteiger partial charge in [-0.2, -0.15) is 0 Å². The van der Waals surface area contributed by atoms with E-state index < -0.39 is 12.7 Å². The molecule has 31 heavy (non-hydrogen) atoms. The number of thiophene rings is 1. The average Bonchev–Trinajstić information content (AvgIpc) is 3.06. The lowest BCUT2D eigenvalue weighted by Crippen LogP contribution is -2.21. The molecular weight excluding hydrogens is 436 g/mol. The number of halogens is 1. The van der Waals surface area contributed by atoms with Crippen LogP contribution < -0.4 is 9.47 Å². The van der Waals surface area contributed by atoms with E-state index in [2.05, 4.69) is 20.8 Å². The van der Waals surface area contributed by atoms with Crippen LogP contribution in [0.15, 0.2) is 12.1 Å². The fourth-order valence-electron chi connectivity index (χ4n) is 5.02. The van der Waals surface area contributed by atoms with Gasteiger partial charge in [0.05, 0.1) is 23.6 Å². The predicted octanol–water partition coefficient (Wildman–Crippen LogP) is 4.56. The summed E-state index contributed by atoms with van der Waals surface area (Å²) < 4.78 is 10.9. The van der Waals surface area contributed by atoms with Gasteiger partial charge in [0, 0.05) is 11.3 Å². The van der Waals surface area contributed by atoms with Crippen molar-refractivity contribution in [2.75, 3.05) is 20.3 Å². The maximum Gasteiger partial charge on any atom is 0.179 e. The Labute approximate surface area is 192 Å². The van der Waals surface area contributed by atoms with Gasteiger partial charge in [-0.1, -0.05) is 25.4 Å². The number of Topliss-reactive ketones (excluding diaryl/α,β-unsaturated/α-hetero) is 1. The van der Waals surface area contributed by atoms with Gasteiger partial charge in [0.15, 0.2) is 17.3 Å². The third-order valence-electron chi connectivity index (χ3n) is 6.83. The number of carbonyl (C=O) groups is 1. The third kappa shape index (κ3) is 3.99. The van der Waals surface area contributed by atoms with Gasteiger partial charge in [0.25, 0.3) is 0 Å². The predicted molar refractivity (Wildman–Crippen MR) is 122 cm³/mol. The van der Waals surface area contributed by atoms with Crippen LogP contribution in [0.2, 0.25) is 5.02 Å². The number of aliphatic hydroxyl groups excluding tert-OH is 2. The third-order valence-corrected chi connectivity index (χ3v) is 8.32. The number of methoxy groups -OCH3 is 1. The number of ether oxygens (including phenoxy) is 2. The van der Waals surface area contributed by atoms with Crippen LogP contribution in [-0.2, 0) is 12.8 Å². The van der Waals surface area contributed by atoms with Crippen molar-refractivity contribution in [2.24, 2.45) is 11.3 Å². The highest BCUT2D eigenvalue weighted by atomic mass is 35.5. The van der Waals surface area contributed by atoms with E-state index in [1.165, 1.54) is 23.1 Å². The number of rotatable bonds is 9. The molecule has 1 aromatic heterocycles. The Morgan fingerprint density at radius 2 is 2.13 bits per heavy atom. The van der Waals surface area contributed by atoms with Crippen LogP contribution in [-0.4, -0.2) is 42.4 Å². The fraction of sp³-hybridized carbons (Fsp3) is 0.542. The molecule has 1 heterocycles. The Bertz CT molecular complexity index is 1010. The van der Waals surface area contributed by atoms with Crippen LogP contribution in [0.4, 0.5) is 0 Å². The lowest BCUT2D eigenvalue weighted by molar-refractivity contribution is 0.0527. The van der Waals surface area contributed by atoms with Crippen LogP contribution in [0.3, 0.4) is 0 Å². The van der Waals surface area contributed by atoms with Crippen molar-refractivity contribution in [1.82, 2.24) is 0 Å². The molecule has 0 bridgehead atoms. The minimum atomic E-state index is -0.995. The van der Waals surface area contributed by atoms with Crippen molar-refractivity contribution in [3.05, 3.63) is 43.6 Å². The summed E-state index contributed by atoms with van der Waals surface area (Å²) in [5.41, 5.74) is 4.01. The summed E-state index contributed by atoms with van der Waals surface area (Å²) in [6.45, 7) is 6.32. The topological polar surface area (TPSA) is 76.0 Å². The van der Waals surface area contributed by atoms with E-state index in [1.807, 2.05) is 6.07 Å². The van der Waals surface area contributed by atoms with Crippen molar-refractivity contribution in [3.63, 3.8) is 0 Å². The first kappa shape index (κ1) is 22.6. The Morgan fingerprint density at radius 3 is 2.81 bits per heavy atom. The first-order valence-corrected chi connectivity index (χ1v) is 11.8. The van der Waals surface area contributed by atoms with E-state index in [9.17, 15) is 9.90 Å². The van der Waals surface area contributed by atoms with Crippen LogP contribution in [0.5, 0.6) is 11.5 Å². The molecule has 0 radical (unpaired) electrons. The number of hydrogen-bond acceptors (Lipinski definition) is 6. The van der Waals surface area contributed by atoms with E-state index in [0.29, 0.717) is 46.6 Å². The van der Waals surface area contributed by atoms with Crippen molar-refractivity contribution < 1.29 is 24.5 Å². The van der Waals surface area contributed by atoms with Gasteiger partial charge in [-0.15, -0.1) is 11.3 Å². The average molecular weight is 465 g/mol. The summed E-state index contributed by atoms with van der Waals surface area (Å²) in [4.78, 5) is 15.3. The zero-order valence-corrected chi connectivity index (χ0v) is 19.9. The lowest BCUT2D eigenvalue weighted by Gasteiger charge is -2.15. The zero-order chi connectivity index (χ0) is 22.5. The number of aliphatic hydroxyl groups is 2. The largest absolute Gasteiger partial charge is 0.493 e. The highest BCUT2D eigenvalue weighted by Gasteiger charge is 2.63. The number of fused-ring (bicyclic) bond motifs is 3. The van der Waals surface area contributed by atoms with Gasteiger partial charge in [0.1, 0.15) is 12.7 Å². The smallest absolute Gasteiger partial charge is 0.179 e. The SMILES string of the molecule is COc1cc(CCC(=O)c2sc(C)c3c2C[C@@H]2[C@H]3C2(C)C)cc(Cl)c1OC[C@H](O)CO. The Morgan fingerprint density at radius 1 is 1.39 bits per heavy atom. The molecule has 2 aliphatic rings. The summed E-state index contributed by atoms with van der Waals surface area (Å²) >= 11 is 8.02. The second-order valence-electron chi connectivity index (χ2n) is 9.17. The summed E-state index contributed by atoms with van der Waals surface area (Å²) in [6.07, 6.45) is 1.00. The maximum atomic E-state index is 13.1. The molecule has 0 aliphatic heterocycles. The van der Waals surface area contributed by atoms with Gasteiger partial charge in [-0.3, -0.25) is 4.79 Å². The molecule has 2 aliphatic carbocycles. The first-order chi connectivity index (χ1) is 14.7. The summed E-state index contributed by atoms with van der Waals surface area (Å²) in [5.74, 6) is 2.27. The molecule has 0 spiro atoms. The van der Waals surface area contributed by atoms with Gasteiger partial charge >= 0.3 is 0 Å². The first-order valence-electron chi connectivity index (χ1n) is 10.6. The monoisotopic (exact) mass is 464 g/mol. The highest BCUT2D eigenvalue weighted by Crippen LogP contribution is 2.71. The van der Waals surface area contributed by atoms with E-state index in [1.54, 1.807) is 17.4 Å². The Hall–Kier alpha value is -1.60. The van der Waals surface area contributed by atoms with Gasteiger partial charge in [-0.05, 0) is 65.8 Å². The minimum Gasteiger partial charge on any atom is -0.493 e. The molecule has 2 aromatic rings. The van der Waals surface area contributed by atoms with E-state index in [4.69, 9.17) is 26.2 Å². The molecule has 0 saturated heterocycles. The van der Waals surface area contributed by atoms with Crippen LogP contribution >= 0.6 is 22.9 Å². The highest BCUT2D eigenvalue weighted by molar-refractivity contribution is 7.14. The number of ketones is 1. The molecule has 2 N–H and O–H groups in total. The van der Waals surface area contributed by atoms with Crippen LogP contribution in [0.1, 0.15) is 57.4 Å². The fourth-order valence-corrected chi connectivity index (χ4v) is 6.50. The minimum absolute atomic E-state index is 0.0912. The maximum absolute atomic E-state index is 13.1. The van der Waals surface area contributed by atoms with Gasteiger partial charge in [-0.25, -0.2) is 0 Å². The molecule has 0 unspecified atom stereocenters. The van der Waals surface area contributed by atoms with Crippen molar-refractivity contribution in [1.29, 1.82) is 0 Å². The molecule has 5 nitrogen and oxygen atoms in total. The van der Waals surface area contributed by atoms with E-state index >= 15 is 0 Å². The molecule has 1 fully saturated rings. The Kier molecular flexibility index (Phi) is 6.12. The lowest BCUT2D eigenvalue weighted by atomic mass is 9.94. The summed E-state index contributed by atoms with van der Waals surface area (Å²) in [7, 11) is 1.51. The van der Waals surface area contributed by atoms with Crippen molar-refractivity contribution in [3.8, 4) is 11.5 Å². The zero-order valence-electron chi connectivity index (χ0n) is 18.3. The quantitative estimate of drug-likeness (QED) is 0.532. The molecule has 7 heteroatoms. The van der Waals surface area contributed by atoms with Crippen LogP contribution in [0, 0.1) is 18.3 Å². The molecule has 0 amide bonds. The molecular formula is C24H29ClO5S. The summed E-state index contributed by atoms with van der Waals surface area (Å²) in [6, 6.07) is 3.57. The molecule has 1 aromatic carbocycles. The van der Waals surface area contributed by atoms with E-state index in [0.717, 1.165) is 16.9 Å². The number of hydrogen-bond donors (Lipinski definition) is 2. The van der Waals surface area contributed by atoms with Gasteiger partial charge < -0.3 is 19.7 Å². The number of aryl methyl sites for hydroxylation is 2. The van der Waals surface area contributed by atoms with Crippen LogP contribution in [0.25, 0.3) is 0 Å².